The van der Waals surface area contributed by atoms with Gasteiger partial charge in [-0.25, -0.2) is 4.79 Å². The topological polar surface area (TPSA) is 259 Å². The summed E-state index contributed by atoms with van der Waals surface area (Å²) in [6, 6.07) is 25.1. The Kier molecular flexibility index (Phi) is 9.41. The van der Waals surface area contributed by atoms with Crippen LogP contribution in [0.2, 0.25) is 0 Å². The minimum absolute atomic E-state index is 0.0309. The number of hydrogen-bond acceptors (Lipinski definition) is 13. The van der Waals surface area contributed by atoms with Crippen LogP contribution >= 0.6 is 0 Å². The summed E-state index contributed by atoms with van der Waals surface area (Å²) in [5.74, 6) is -1.64. The Morgan fingerprint density at radius 1 is 0.552 bits per heavy atom. The molecule has 6 N–H and O–H groups in total. The lowest BCUT2D eigenvalue weighted by atomic mass is 9.94. The van der Waals surface area contributed by atoms with Crippen molar-refractivity contribution in [3.05, 3.63) is 142 Å². The molecule has 0 fully saturated rings. The Balaban J connectivity index is 1.00. The van der Waals surface area contributed by atoms with Gasteiger partial charge in [-0.15, -0.1) is 0 Å². The number of carbonyl (C=O) groups excluding carboxylic acids is 3. The number of nitrogens with zero attached hydrogens (tertiary/aromatic N) is 4. The molecule has 2 aliphatic rings. The van der Waals surface area contributed by atoms with Crippen LogP contribution in [0.25, 0.3) is 34.0 Å². The van der Waals surface area contributed by atoms with Gasteiger partial charge < -0.3 is 10.6 Å². The first-order valence-electron chi connectivity index (χ1n) is 16.9. The van der Waals surface area contributed by atoms with E-state index in [0.717, 1.165) is 22.9 Å². The third-order valence-electron chi connectivity index (χ3n) is 8.91. The van der Waals surface area contributed by atoms with Gasteiger partial charge in [-0.2, -0.15) is 27.0 Å². The maximum absolute atomic E-state index is 13.5. The predicted octanol–water partition coefficient (Wildman–Crippen LogP) is 6.21. The minimum atomic E-state index is -4.96. The van der Waals surface area contributed by atoms with Crippen LogP contribution in [0.3, 0.4) is 0 Å². The standard InChI is InChI=1S/C39H26N8O9S2/c48-37-29-11-9-25(15-23(29)17-33(57(51,52)53)35(37)46-44-27-13-21-5-1-3-7-31(21)40-19-27)42-39(50)43-26-10-12-30-24(16-26)18-34(58(54,55)56)36(38(30)49)47-45-28-14-22-6-2-4-8-32(22)41-20-28/h1-20,44-45H,(H2,42,43,50)(H,51,52,53)(H,54,55,56)/b46-35-,47-36-. The van der Waals surface area contributed by atoms with Crippen molar-refractivity contribution >= 4 is 106 Å². The molecule has 2 amide bonds. The third-order valence-corrected chi connectivity index (χ3v) is 10.6. The second-order valence-corrected chi connectivity index (χ2v) is 15.6. The number of ketones is 2. The van der Waals surface area contributed by atoms with Crippen molar-refractivity contribution < 1.29 is 40.3 Å². The predicted molar refractivity (Wildman–Crippen MR) is 219 cm³/mol. The molecule has 2 aromatic heterocycles. The third kappa shape index (κ3) is 7.55. The number of aromatic nitrogens is 2. The molecule has 19 heteroatoms. The summed E-state index contributed by atoms with van der Waals surface area (Å²) in [6.07, 6.45) is 4.97. The molecule has 0 saturated carbocycles. The fourth-order valence-corrected chi connectivity index (χ4v) is 7.55. The molecule has 58 heavy (non-hydrogen) atoms. The number of urea groups is 1. The van der Waals surface area contributed by atoms with Crippen molar-refractivity contribution in [2.45, 2.75) is 0 Å². The fourth-order valence-electron chi connectivity index (χ4n) is 6.24. The number of para-hydroxylation sites is 2. The summed E-state index contributed by atoms with van der Waals surface area (Å²) in [7, 11) is -9.92. The largest absolute Gasteiger partial charge is 0.323 e. The van der Waals surface area contributed by atoms with Crippen LogP contribution in [0, 0.1) is 0 Å². The number of allylic oxidation sites excluding steroid dienone is 2. The van der Waals surface area contributed by atoms with Gasteiger partial charge in [0.25, 0.3) is 20.2 Å². The van der Waals surface area contributed by atoms with E-state index in [0.29, 0.717) is 22.4 Å². The maximum Gasteiger partial charge on any atom is 0.323 e. The Hall–Kier alpha value is -7.45. The summed E-state index contributed by atoms with van der Waals surface area (Å²) in [4.78, 5) is 47.1. The van der Waals surface area contributed by atoms with E-state index < -0.39 is 59.1 Å². The van der Waals surface area contributed by atoms with E-state index in [2.05, 4.69) is 41.7 Å². The highest BCUT2D eigenvalue weighted by Gasteiger charge is 2.34. The zero-order valence-corrected chi connectivity index (χ0v) is 31.0. The summed E-state index contributed by atoms with van der Waals surface area (Å²) >= 11 is 0. The van der Waals surface area contributed by atoms with Gasteiger partial charge in [0.2, 0.25) is 11.6 Å². The SMILES string of the molecule is O=C(Nc1ccc2c(c1)C=C(S(=O)(=O)O)/C(=N/Nc1cnc3ccccc3c1)C2=O)Nc1ccc2c(c1)C=C(S(=O)(=O)O)/C(=N/Nc1cnc3ccccc3c1)C2=O. The molecular weight excluding hydrogens is 789 g/mol. The van der Waals surface area contributed by atoms with Crippen molar-refractivity contribution in [2.24, 2.45) is 10.2 Å². The van der Waals surface area contributed by atoms with Crippen molar-refractivity contribution in [3.8, 4) is 0 Å². The molecular formula is C39H26N8O9S2. The lowest BCUT2D eigenvalue weighted by Crippen LogP contribution is -2.27. The first-order chi connectivity index (χ1) is 27.7. The first kappa shape index (κ1) is 37.5. The normalized spacial score (nSPS) is 15.4. The van der Waals surface area contributed by atoms with Crippen molar-refractivity contribution in [1.82, 2.24) is 9.97 Å². The number of carbonyl (C=O) groups is 3. The summed E-state index contributed by atoms with van der Waals surface area (Å²) < 4.78 is 69.6. The number of hydrogen-bond donors (Lipinski definition) is 6. The molecule has 0 atom stereocenters. The number of hydrazone groups is 2. The molecule has 8 rings (SSSR count). The van der Waals surface area contributed by atoms with Gasteiger partial charge >= 0.3 is 6.03 Å². The van der Waals surface area contributed by atoms with E-state index in [4.69, 9.17) is 0 Å². The van der Waals surface area contributed by atoms with Crippen LogP contribution in [-0.4, -0.2) is 64.9 Å². The zero-order valence-electron chi connectivity index (χ0n) is 29.4. The number of fused-ring (bicyclic) bond motifs is 4. The highest BCUT2D eigenvalue weighted by Crippen LogP contribution is 2.31. The molecule has 2 heterocycles. The van der Waals surface area contributed by atoms with E-state index in [1.54, 1.807) is 24.3 Å². The van der Waals surface area contributed by atoms with E-state index in [1.807, 2.05) is 36.4 Å². The first-order valence-corrected chi connectivity index (χ1v) is 19.8. The van der Waals surface area contributed by atoms with Crippen molar-refractivity contribution in [2.75, 3.05) is 21.5 Å². The highest BCUT2D eigenvalue weighted by atomic mass is 32.2. The molecule has 0 radical (unpaired) electrons. The quantitative estimate of drug-likeness (QED) is 0.0738. The van der Waals surface area contributed by atoms with Gasteiger partial charge in [-0.3, -0.25) is 39.5 Å². The minimum Gasteiger partial charge on any atom is -0.308 e. The lowest BCUT2D eigenvalue weighted by Gasteiger charge is -2.18. The monoisotopic (exact) mass is 814 g/mol. The maximum atomic E-state index is 13.5. The van der Waals surface area contributed by atoms with Gasteiger partial charge in [0.1, 0.15) is 9.81 Å². The molecule has 17 nitrogen and oxygen atoms in total. The number of amides is 2. The molecule has 0 bridgehead atoms. The zero-order chi connectivity index (χ0) is 40.8. The average Bonchev–Trinajstić information content (AvgIpc) is 3.19. The fraction of sp³-hybridized carbons (Fsp3) is 0. The number of anilines is 4. The molecule has 0 spiro atoms. The second-order valence-electron chi connectivity index (χ2n) is 12.8. The highest BCUT2D eigenvalue weighted by molar-refractivity contribution is 7.91. The van der Waals surface area contributed by atoms with Gasteiger partial charge in [-0.1, -0.05) is 36.4 Å². The van der Waals surface area contributed by atoms with E-state index in [1.165, 1.54) is 48.8 Å². The number of Topliss-reactive ketones (excluding diaryl/α,β-unsaturated/α-hetero) is 2. The molecule has 288 valence electrons. The van der Waals surface area contributed by atoms with Crippen molar-refractivity contribution in [1.29, 1.82) is 0 Å². The molecule has 2 aliphatic carbocycles. The second kappa shape index (κ2) is 14.6. The Labute approximate surface area is 328 Å². The molecule has 0 unspecified atom stereocenters. The number of rotatable bonds is 8. The van der Waals surface area contributed by atoms with E-state index in [9.17, 15) is 40.3 Å². The smallest absolute Gasteiger partial charge is 0.308 e. The van der Waals surface area contributed by atoms with Crippen molar-refractivity contribution in [3.63, 3.8) is 0 Å². The molecule has 4 aromatic carbocycles. The van der Waals surface area contributed by atoms with Crippen LogP contribution in [0.4, 0.5) is 27.5 Å². The Bertz CT molecular complexity index is 2930. The summed E-state index contributed by atoms with van der Waals surface area (Å²) in [6.45, 7) is 0. The van der Waals surface area contributed by atoms with Gasteiger partial charge in [0.05, 0.1) is 34.8 Å². The van der Waals surface area contributed by atoms with Crippen LogP contribution in [0.15, 0.2) is 129 Å². The van der Waals surface area contributed by atoms with Crippen LogP contribution in [-0.2, 0) is 20.2 Å². The van der Waals surface area contributed by atoms with Crippen LogP contribution in [0.5, 0.6) is 0 Å². The average molecular weight is 815 g/mol. The van der Waals surface area contributed by atoms with E-state index in [-0.39, 0.29) is 33.6 Å². The number of nitrogens with one attached hydrogen (secondary N) is 4. The molecule has 0 saturated heterocycles. The lowest BCUT2D eigenvalue weighted by molar-refractivity contribution is 0.105. The molecule has 0 aliphatic heterocycles. The van der Waals surface area contributed by atoms with Gasteiger partial charge in [-0.05, 0) is 83.9 Å². The summed E-state index contributed by atoms with van der Waals surface area (Å²) in [5.41, 5.74) is 6.64. The van der Waals surface area contributed by atoms with Gasteiger partial charge in [0.15, 0.2) is 11.4 Å². The molecule has 6 aromatic rings. The van der Waals surface area contributed by atoms with Gasteiger partial charge in [0, 0.05) is 33.3 Å². The number of benzene rings is 4. The number of pyridine rings is 2. The van der Waals surface area contributed by atoms with Crippen LogP contribution in [0.1, 0.15) is 31.8 Å². The Morgan fingerprint density at radius 3 is 1.38 bits per heavy atom. The summed E-state index contributed by atoms with van der Waals surface area (Å²) in [5, 5.41) is 14.6. The Morgan fingerprint density at radius 2 is 0.966 bits per heavy atom. The van der Waals surface area contributed by atoms with Crippen LogP contribution < -0.4 is 21.5 Å². The van der Waals surface area contributed by atoms with E-state index >= 15 is 0 Å².